The number of pyridine rings is 1. The average Bonchev–Trinajstić information content (AvgIpc) is 2.44. The van der Waals surface area contributed by atoms with Crippen molar-refractivity contribution in [3.05, 3.63) is 65.8 Å². The molecule has 0 fully saturated rings. The second kappa shape index (κ2) is 4.67. The molecular formula is C15H10ClNO. The Bertz CT molecular complexity index is 682. The van der Waals surface area contributed by atoms with Gasteiger partial charge in [-0.3, -0.25) is 0 Å². The minimum atomic E-state index is 0.571. The van der Waals surface area contributed by atoms with Gasteiger partial charge < -0.3 is 4.74 Å². The number of benzene rings is 2. The lowest BCUT2D eigenvalue weighted by Gasteiger charge is -2.08. The molecular weight excluding hydrogens is 246 g/mol. The number of ether oxygens (including phenoxy) is 1. The Labute approximate surface area is 110 Å². The van der Waals surface area contributed by atoms with Crippen LogP contribution in [-0.2, 0) is 0 Å². The van der Waals surface area contributed by atoms with E-state index in [4.69, 9.17) is 16.3 Å². The smallest absolute Gasteiger partial charge is 0.227 e. The third-order valence-electron chi connectivity index (χ3n) is 2.67. The monoisotopic (exact) mass is 255 g/mol. The number of hydrogen-bond donors (Lipinski definition) is 0. The minimum absolute atomic E-state index is 0.571. The largest absolute Gasteiger partial charge is 0.438 e. The Kier molecular flexibility index (Phi) is 2.87. The summed E-state index contributed by atoms with van der Waals surface area (Å²) in [6, 6.07) is 17.4. The van der Waals surface area contributed by atoms with Gasteiger partial charge in [-0.05, 0) is 18.2 Å². The molecule has 0 aliphatic heterocycles. The van der Waals surface area contributed by atoms with Crippen molar-refractivity contribution in [2.75, 3.05) is 0 Å². The first kappa shape index (κ1) is 11.1. The maximum Gasteiger partial charge on any atom is 0.227 e. The van der Waals surface area contributed by atoms with Gasteiger partial charge in [-0.25, -0.2) is 4.98 Å². The Morgan fingerprint density at radius 1 is 0.833 bits per heavy atom. The summed E-state index contributed by atoms with van der Waals surface area (Å²) in [7, 11) is 0. The lowest BCUT2D eigenvalue weighted by Crippen LogP contribution is -1.89. The van der Waals surface area contributed by atoms with Crippen LogP contribution in [0.4, 0.5) is 0 Å². The fourth-order valence-electron chi connectivity index (χ4n) is 1.81. The highest BCUT2D eigenvalue weighted by Crippen LogP contribution is 2.31. The predicted molar refractivity (Wildman–Crippen MR) is 73.3 cm³/mol. The zero-order valence-electron chi connectivity index (χ0n) is 9.51. The lowest BCUT2D eigenvalue weighted by molar-refractivity contribution is 0.469. The molecule has 88 valence electrons. The van der Waals surface area contributed by atoms with E-state index in [-0.39, 0.29) is 0 Å². The summed E-state index contributed by atoms with van der Waals surface area (Å²) in [5.41, 5.74) is 0. The van der Waals surface area contributed by atoms with Crippen LogP contribution >= 0.6 is 11.6 Å². The summed E-state index contributed by atoms with van der Waals surface area (Å²) in [5, 5.41) is 2.49. The molecule has 0 atom stereocenters. The number of hydrogen-bond acceptors (Lipinski definition) is 2. The summed E-state index contributed by atoms with van der Waals surface area (Å²) >= 11 is 6.11. The van der Waals surface area contributed by atoms with Crippen LogP contribution in [0.3, 0.4) is 0 Å². The number of nitrogens with zero attached hydrogens (tertiary/aromatic N) is 1. The first-order valence-electron chi connectivity index (χ1n) is 5.61. The molecule has 2 aromatic carbocycles. The first-order chi connectivity index (χ1) is 8.84. The number of rotatable bonds is 2. The summed E-state index contributed by atoms with van der Waals surface area (Å²) in [5.74, 6) is 1.33. The van der Waals surface area contributed by atoms with E-state index in [1.54, 1.807) is 6.20 Å². The van der Waals surface area contributed by atoms with Crippen LogP contribution in [-0.4, -0.2) is 4.98 Å². The Morgan fingerprint density at radius 2 is 1.50 bits per heavy atom. The fraction of sp³-hybridized carbons (Fsp3) is 0. The maximum atomic E-state index is 6.11. The van der Waals surface area contributed by atoms with Gasteiger partial charge in [0, 0.05) is 10.8 Å². The molecule has 0 radical (unpaired) electrons. The second-order valence-corrected chi connectivity index (χ2v) is 4.28. The van der Waals surface area contributed by atoms with E-state index < -0.39 is 0 Å². The van der Waals surface area contributed by atoms with Gasteiger partial charge >= 0.3 is 0 Å². The third-order valence-corrected chi connectivity index (χ3v) is 2.97. The van der Waals surface area contributed by atoms with Crippen molar-refractivity contribution in [2.24, 2.45) is 0 Å². The fourth-order valence-corrected chi connectivity index (χ4v) is 2.03. The summed E-state index contributed by atoms with van der Waals surface area (Å²) < 4.78 is 5.78. The molecule has 1 aromatic heterocycles. The topological polar surface area (TPSA) is 22.1 Å². The Hall–Kier alpha value is -2.06. The highest BCUT2D eigenvalue weighted by atomic mass is 35.5. The van der Waals surface area contributed by atoms with Gasteiger partial charge in [0.25, 0.3) is 0 Å². The van der Waals surface area contributed by atoms with E-state index in [2.05, 4.69) is 4.98 Å². The highest BCUT2D eigenvalue weighted by Gasteiger charge is 2.07. The molecule has 0 aliphatic rings. The minimum Gasteiger partial charge on any atom is -0.438 e. The molecule has 0 unspecified atom stereocenters. The zero-order chi connectivity index (χ0) is 12.4. The Morgan fingerprint density at radius 3 is 2.28 bits per heavy atom. The summed E-state index contributed by atoms with van der Waals surface area (Å²) in [6.45, 7) is 0. The third kappa shape index (κ3) is 2.03. The van der Waals surface area contributed by atoms with Gasteiger partial charge in [-0.2, -0.15) is 0 Å². The number of halogens is 1. The number of para-hydroxylation sites is 1. The maximum absolute atomic E-state index is 6.11. The zero-order valence-corrected chi connectivity index (χ0v) is 10.3. The van der Waals surface area contributed by atoms with Crippen molar-refractivity contribution in [3.8, 4) is 11.6 Å². The van der Waals surface area contributed by atoms with Crippen molar-refractivity contribution in [2.45, 2.75) is 0 Å². The van der Waals surface area contributed by atoms with Crippen LogP contribution < -0.4 is 4.74 Å². The molecule has 3 rings (SSSR count). The molecule has 0 bridgehead atoms. The molecule has 0 saturated carbocycles. The SMILES string of the molecule is Clc1cnc(Oc2ccccc2)c2ccccc12. The molecule has 2 nitrogen and oxygen atoms in total. The van der Waals surface area contributed by atoms with Crippen molar-refractivity contribution < 1.29 is 4.74 Å². The van der Waals surface area contributed by atoms with Crippen LogP contribution in [0.25, 0.3) is 10.8 Å². The van der Waals surface area contributed by atoms with Crippen LogP contribution in [0.2, 0.25) is 5.02 Å². The second-order valence-electron chi connectivity index (χ2n) is 3.87. The van der Waals surface area contributed by atoms with Gasteiger partial charge in [0.1, 0.15) is 5.75 Å². The summed E-state index contributed by atoms with van der Waals surface area (Å²) in [6.07, 6.45) is 1.61. The van der Waals surface area contributed by atoms with E-state index >= 15 is 0 Å². The normalized spacial score (nSPS) is 10.5. The molecule has 3 aromatic rings. The van der Waals surface area contributed by atoms with Crippen molar-refractivity contribution in [3.63, 3.8) is 0 Å². The van der Waals surface area contributed by atoms with Crippen molar-refractivity contribution in [1.82, 2.24) is 4.98 Å². The highest BCUT2D eigenvalue weighted by molar-refractivity contribution is 6.35. The molecule has 1 heterocycles. The number of fused-ring (bicyclic) bond motifs is 1. The van der Waals surface area contributed by atoms with Crippen LogP contribution in [0.1, 0.15) is 0 Å². The standard InChI is InChI=1S/C15H10ClNO/c16-14-10-17-15(13-9-5-4-8-12(13)14)18-11-6-2-1-3-7-11/h1-10H. The quantitative estimate of drug-likeness (QED) is 0.663. The molecule has 0 saturated heterocycles. The molecule has 3 heteroatoms. The van der Waals surface area contributed by atoms with Gasteiger partial charge in [0.05, 0.1) is 11.2 Å². The van der Waals surface area contributed by atoms with Crippen molar-refractivity contribution >= 4 is 22.4 Å². The van der Waals surface area contributed by atoms with E-state index in [0.29, 0.717) is 10.9 Å². The number of aromatic nitrogens is 1. The molecule has 0 spiro atoms. The molecule has 0 aliphatic carbocycles. The van der Waals surface area contributed by atoms with Gasteiger partial charge in [0.2, 0.25) is 5.88 Å². The van der Waals surface area contributed by atoms with Gasteiger partial charge in [-0.1, -0.05) is 48.0 Å². The molecule has 18 heavy (non-hydrogen) atoms. The van der Waals surface area contributed by atoms with E-state index in [1.807, 2.05) is 54.6 Å². The van der Waals surface area contributed by atoms with Crippen LogP contribution in [0.5, 0.6) is 11.6 Å². The Balaban J connectivity index is 2.10. The van der Waals surface area contributed by atoms with E-state index in [1.165, 1.54) is 0 Å². The van der Waals surface area contributed by atoms with E-state index in [9.17, 15) is 0 Å². The molecule has 0 N–H and O–H groups in total. The van der Waals surface area contributed by atoms with Crippen molar-refractivity contribution in [1.29, 1.82) is 0 Å². The van der Waals surface area contributed by atoms with Gasteiger partial charge in [-0.15, -0.1) is 0 Å². The van der Waals surface area contributed by atoms with Crippen LogP contribution in [0, 0.1) is 0 Å². The first-order valence-corrected chi connectivity index (χ1v) is 5.98. The summed E-state index contributed by atoms with van der Waals surface area (Å²) in [4.78, 5) is 4.25. The average molecular weight is 256 g/mol. The predicted octanol–water partition coefficient (Wildman–Crippen LogP) is 4.68. The molecule has 0 amide bonds. The van der Waals surface area contributed by atoms with E-state index in [0.717, 1.165) is 16.5 Å². The van der Waals surface area contributed by atoms with Crippen LogP contribution in [0.15, 0.2) is 60.8 Å². The lowest BCUT2D eigenvalue weighted by atomic mass is 10.2. The van der Waals surface area contributed by atoms with Gasteiger partial charge in [0.15, 0.2) is 0 Å².